The lowest BCUT2D eigenvalue weighted by molar-refractivity contribution is -0.139. The van der Waals surface area contributed by atoms with Gasteiger partial charge in [0.25, 0.3) is 0 Å². The minimum Gasteiger partial charge on any atom is -0.493 e. The van der Waals surface area contributed by atoms with Gasteiger partial charge in [-0.1, -0.05) is 18.2 Å². The predicted molar refractivity (Wildman–Crippen MR) is 128 cm³/mol. The van der Waals surface area contributed by atoms with Crippen molar-refractivity contribution in [3.63, 3.8) is 0 Å². The largest absolute Gasteiger partial charge is 0.493 e. The Balaban J connectivity index is 2.53. The van der Waals surface area contributed by atoms with Crippen molar-refractivity contribution in [3.05, 3.63) is 53.1 Å². The zero-order valence-corrected chi connectivity index (χ0v) is 20.1. The highest BCUT2D eigenvalue weighted by Crippen LogP contribution is 2.39. The molecule has 2 aromatic carbocycles. The minimum atomic E-state index is -0.488. The number of carbonyl (C=O) groups excluding carboxylic acids is 3. The summed E-state index contributed by atoms with van der Waals surface area (Å²) >= 11 is 0. The van der Waals surface area contributed by atoms with E-state index in [1.54, 1.807) is 36.4 Å². The standard InChI is InChI=1S/C26H28O8/c1-16(12-21-9-10-23(33-18(3)28)24(14-21)30-5)22-13-20(8-7-11-32-17(2)27)15-25(31-6)26(22)34-19(4)29/h7-10,12-15H,11H2,1-6H3/b8-7+,16-12-. The van der Waals surface area contributed by atoms with Crippen LogP contribution in [0.1, 0.15) is 44.4 Å². The fourth-order valence-corrected chi connectivity index (χ4v) is 3.10. The maximum Gasteiger partial charge on any atom is 0.308 e. The third-order valence-corrected chi connectivity index (χ3v) is 4.49. The highest BCUT2D eigenvalue weighted by atomic mass is 16.6. The highest BCUT2D eigenvalue weighted by Gasteiger charge is 2.17. The van der Waals surface area contributed by atoms with Crippen molar-refractivity contribution in [1.82, 2.24) is 0 Å². The lowest BCUT2D eigenvalue weighted by Gasteiger charge is -2.15. The van der Waals surface area contributed by atoms with E-state index in [0.717, 1.165) is 16.7 Å². The van der Waals surface area contributed by atoms with E-state index in [-0.39, 0.29) is 18.3 Å². The van der Waals surface area contributed by atoms with Crippen LogP contribution in [0.15, 0.2) is 36.4 Å². The molecule has 0 saturated heterocycles. The van der Waals surface area contributed by atoms with E-state index in [0.29, 0.717) is 22.8 Å². The van der Waals surface area contributed by atoms with Gasteiger partial charge in [-0.2, -0.15) is 0 Å². The molecule has 0 unspecified atom stereocenters. The monoisotopic (exact) mass is 468 g/mol. The topological polar surface area (TPSA) is 97.4 Å². The second-order valence-corrected chi connectivity index (χ2v) is 7.23. The third-order valence-electron chi connectivity index (χ3n) is 4.49. The third kappa shape index (κ3) is 7.51. The van der Waals surface area contributed by atoms with Gasteiger partial charge in [0.05, 0.1) is 14.2 Å². The van der Waals surface area contributed by atoms with Crippen LogP contribution in [0, 0.1) is 0 Å². The lowest BCUT2D eigenvalue weighted by Crippen LogP contribution is -2.06. The van der Waals surface area contributed by atoms with E-state index in [4.69, 9.17) is 23.7 Å². The van der Waals surface area contributed by atoms with Gasteiger partial charge in [-0.05, 0) is 54.0 Å². The molecule has 2 rings (SSSR count). The van der Waals surface area contributed by atoms with Crippen molar-refractivity contribution in [2.45, 2.75) is 27.7 Å². The van der Waals surface area contributed by atoms with Crippen molar-refractivity contribution in [2.24, 2.45) is 0 Å². The average Bonchev–Trinajstić information content (AvgIpc) is 2.77. The van der Waals surface area contributed by atoms with Crippen molar-refractivity contribution in [2.75, 3.05) is 20.8 Å². The van der Waals surface area contributed by atoms with Gasteiger partial charge in [0.2, 0.25) is 0 Å². The Morgan fingerprint density at radius 1 is 0.765 bits per heavy atom. The number of carbonyl (C=O) groups is 3. The summed E-state index contributed by atoms with van der Waals surface area (Å²) in [6.45, 7) is 5.95. The summed E-state index contributed by atoms with van der Waals surface area (Å²) in [5.41, 5.74) is 2.93. The number of rotatable bonds is 9. The molecule has 180 valence electrons. The van der Waals surface area contributed by atoms with Gasteiger partial charge in [-0.25, -0.2) is 0 Å². The van der Waals surface area contributed by atoms with Crippen LogP contribution in [0.5, 0.6) is 23.0 Å². The van der Waals surface area contributed by atoms with Crippen LogP contribution < -0.4 is 18.9 Å². The van der Waals surface area contributed by atoms with Gasteiger partial charge < -0.3 is 23.7 Å². The number of ether oxygens (including phenoxy) is 5. The van der Waals surface area contributed by atoms with Crippen LogP contribution in [-0.2, 0) is 19.1 Å². The summed E-state index contributed by atoms with van der Waals surface area (Å²) in [5, 5.41) is 0. The van der Waals surface area contributed by atoms with Crippen molar-refractivity contribution in [3.8, 4) is 23.0 Å². The smallest absolute Gasteiger partial charge is 0.308 e. The first-order chi connectivity index (χ1) is 16.1. The average molecular weight is 469 g/mol. The predicted octanol–water partition coefficient (Wildman–Crippen LogP) is 4.69. The molecule has 2 aromatic rings. The summed E-state index contributed by atoms with van der Waals surface area (Å²) in [7, 11) is 2.97. The molecule has 0 aliphatic heterocycles. The van der Waals surface area contributed by atoms with Gasteiger partial charge in [0, 0.05) is 26.3 Å². The number of hydrogen-bond donors (Lipinski definition) is 0. The number of benzene rings is 2. The SMILES string of the molecule is COc1cc(/C=C(/C)c2cc(/C=C/COC(C)=O)cc(OC)c2OC(C)=O)ccc1OC(C)=O. The number of hydrogen-bond acceptors (Lipinski definition) is 8. The summed E-state index contributed by atoms with van der Waals surface area (Å²) in [6, 6.07) is 8.70. The quantitative estimate of drug-likeness (QED) is 0.297. The Bertz CT molecular complexity index is 1130. The van der Waals surface area contributed by atoms with Gasteiger partial charge in [0.15, 0.2) is 23.0 Å². The summed E-state index contributed by atoms with van der Waals surface area (Å²) in [5.74, 6) is 0.0536. The van der Waals surface area contributed by atoms with Crippen LogP contribution in [0.3, 0.4) is 0 Å². The second kappa shape index (κ2) is 12.2. The highest BCUT2D eigenvalue weighted by molar-refractivity contribution is 5.87. The molecule has 0 saturated carbocycles. The number of esters is 3. The Hall–Kier alpha value is -4.07. The molecule has 0 aliphatic rings. The van der Waals surface area contributed by atoms with Crippen LogP contribution in [0.4, 0.5) is 0 Å². The molecule has 34 heavy (non-hydrogen) atoms. The van der Waals surface area contributed by atoms with Gasteiger partial charge in [-0.3, -0.25) is 14.4 Å². The molecule has 8 heteroatoms. The van der Waals surface area contributed by atoms with E-state index in [9.17, 15) is 14.4 Å². The van der Waals surface area contributed by atoms with Crippen LogP contribution in [0.25, 0.3) is 17.7 Å². The second-order valence-electron chi connectivity index (χ2n) is 7.23. The Labute approximate surface area is 198 Å². The van der Waals surface area contributed by atoms with Crippen molar-refractivity contribution in [1.29, 1.82) is 0 Å². The van der Waals surface area contributed by atoms with Crippen LogP contribution >= 0.6 is 0 Å². The summed E-state index contributed by atoms with van der Waals surface area (Å²) in [4.78, 5) is 34.0. The van der Waals surface area contributed by atoms with Gasteiger partial charge >= 0.3 is 17.9 Å². The lowest BCUT2D eigenvalue weighted by atomic mass is 9.99. The van der Waals surface area contributed by atoms with E-state index in [1.807, 2.05) is 19.1 Å². The van der Waals surface area contributed by atoms with E-state index in [1.165, 1.54) is 35.0 Å². The van der Waals surface area contributed by atoms with Crippen LogP contribution in [0.2, 0.25) is 0 Å². The maximum absolute atomic E-state index is 11.8. The molecule has 0 fully saturated rings. The minimum absolute atomic E-state index is 0.127. The van der Waals surface area contributed by atoms with Crippen LogP contribution in [-0.4, -0.2) is 38.7 Å². The molecule has 0 amide bonds. The number of methoxy groups -OCH3 is 2. The molecular formula is C26H28O8. The van der Waals surface area contributed by atoms with E-state index < -0.39 is 11.9 Å². The first-order valence-electron chi connectivity index (χ1n) is 10.4. The maximum atomic E-state index is 11.8. The molecule has 8 nitrogen and oxygen atoms in total. The van der Waals surface area contributed by atoms with Gasteiger partial charge in [-0.15, -0.1) is 0 Å². The molecule has 0 bridgehead atoms. The van der Waals surface area contributed by atoms with Crippen molar-refractivity contribution < 1.29 is 38.1 Å². The Morgan fingerprint density at radius 2 is 1.41 bits per heavy atom. The summed E-state index contributed by atoms with van der Waals surface area (Å²) in [6.07, 6.45) is 5.34. The zero-order valence-electron chi connectivity index (χ0n) is 20.1. The molecule has 0 aromatic heterocycles. The Morgan fingerprint density at radius 3 is 2.00 bits per heavy atom. The summed E-state index contributed by atoms with van der Waals surface area (Å²) < 4.78 is 26.4. The molecule has 0 heterocycles. The van der Waals surface area contributed by atoms with E-state index in [2.05, 4.69) is 0 Å². The fourth-order valence-electron chi connectivity index (χ4n) is 3.10. The number of allylic oxidation sites excluding steroid dienone is 1. The van der Waals surface area contributed by atoms with Crippen molar-refractivity contribution >= 4 is 35.6 Å². The first kappa shape index (κ1) is 26.2. The first-order valence-corrected chi connectivity index (χ1v) is 10.4. The molecular weight excluding hydrogens is 440 g/mol. The molecule has 0 spiro atoms. The van der Waals surface area contributed by atoms with Gasteiger partial charge in [0.1, 0.15) is 6.61 Å². The molecule has 0 aliphatic carbocycles. The fraction of sp³-hybridized carbons (Fsp3) is 0.269. The molecule has 0 radical (unpaired) electrons. The van der Waals surface area contributed by atoms with E-state index >= 15 is 0 Å². The molecule has 0 atom stereocenters. The normalized spacial score (nSPS) is 11.2. The Kier molecular flexibility index (Phi) is 9.43. The zero-order chi connectivity index (χ0) is 25.3. The molecule has 0 N–H and O–H groups in total.